The van der Waals surface area contributed by atoms with Gasteiger partial charge in [0, 0.05) is 20.2 Å². The summed E-state index contributed by atoms with van der Waals surface area (Å²) in [5.74, 6) is -1.01. The Balaban J connectivity index is 1.98. The molecule has 1 amide bonds. The smallest absolute Gasteiger partial charge is 0.332 e. The zero-order chi connectivity index (χ0) is 15.6. The fourth-order valence-electron chi connectivity index (χ4n) is 1.93. The predicted molar refractivity (Wildman–Crippen MR) is 73.9 cm³/mol. The van der Waals surface area contributed by atoms with Gasteiger partial charge in [0.15, 0.2) is 6.61 Å². The van der Waals surface area contributed by atoms with Gasteiger partial charge in [-0.25, -0.2) is 4.79 Å². The zero-order valence-electron chi connectivity index (χ0n) is 11.9. The Bertz CT molecular complexity index is 684. The van der Waals surface area contributed by atoms with Gasteiger partial charge in [-0.2, -0.15) is 0 Å². The summed E-state index contributed by atoms with van der Waals surface area (Å²) in [6, 6.07) is 1.13. The van der Waals surface area contributed by atoms with Gasteiger partial charge in [-0.3, -0.25) is 23.5 Å². The molecule has 2 rings (SSSR count). The Hall–Kier alpha value is -2.38. The van der Waals surface area contributed by atoms with Crippen molar-refractivity contribution in [3.8, 4) is 0 Å². The Morgan fingerprint density at radius 2 is 1.95 bits per heavy atom. The molecule has 1 aromatic heterocycles. The van der Waals surface area contributed by atoms with E-state index >= 15 is 0 Å². The van der Waals surface area contributed by atoms with Crippen LogP contribution in [0.25, 0.3) is 0 Å². The first-order valence-electron chi connectivity index (χ1n) is 6.63. The van der Waals surface area contributed by atoms with Crippen LogP contribution in [0.3, 0.4) is 0 Å². The molecule has 21 heavy (non-hydrogen) atoms. The van der Waals surface area contributed by atoms with Gasteiger partial charge >= 0.3 is 11.7 Å². The fraction of sp³-hybridized carbons (Fsp3) is 0.538. The lowest BCUT2D eigenvalue weighted by atomic mass is 9.86. The average molecular weight is 295 g/mol. The number of nitrogens with zero attached hydrogens (tertiary/aromatic N) is 2. The minimum absolute atomic E-state index is 0.0628. The first-order chi connectivity index (χ1) is 9.90. The molecular weight excluding hydrogens is 278 g/mol. The summed E-state index contributed by atoms with van der Waals surface area (Å²) < 4.78 is 6.94. The quantitative estimate of drug-likeness (QED) is 0.745. The van der Waals surface area contributed by atoms with Crippen molar-refractivity contribution in [2.75, 3.05) is 11.9 Å². The summed E-state index contributed by atoms with van der Waals surface area (Å²) in [6.07, 6.45) is 2.59. The maximum Gasteiger partial charge on any atom is 0.332 e. The third kappa shape index (κ3) is 3.21. The second kappa shape index (κ2) is 5.94. The van der Waals surface area contributed by atoms with Crippen LogP contribution in [-0.2, 0) is 28.4 Å². The Morgan fingerprint density at radius 3 is 2.52 bits per heavy atom. The van der Waals surface area contributed by atoms with E-state index in [0.29, 0.717) is 0 Å². The number of hydrogen-bond acceptors (Lipinski definition) is 5. The van der Waals surface area contributed by atoms with Crippen molar-refractivity contribution < 1.29 is 14.3 Å². The second-order valence-electron chi connectivity index (χ2n) is 5.05. The van der Waals surface area contributed by atoms with Crippen LogP contribution in [0.4, 0.5) is 5.82 Å². The van der Waals surface area contributed by atoms with E-state index in [2.05, 4.69) is 5.32 Å². The highest BCUT2D eigenvalue weighted by Gasteiger charge is 2.27. The monoisotopic (exact) mass is 295 g/mol. The highest BCUT2D eigenvalue weighted by Crippen LogP contribution is 2.27. The van der Waals surface area contributed by atoms with E-state index < -0.39 is 23.8 Å². The number of rotatable bonds is 4. The average Bonchev–Trinajstić information content (AvgIpc) is 2.38. The maximum atomic E-state index is 11.7. The molecule has 1 aliphatic carbocycles. The van der Waals surface area contributed by atoms with E-state index in [9.17, 15) is 19.2 Å². The fourth-order valence-corrected chi connectivity index (χ4v) is 1.93. The zero-order valence-corrected chi connectivity index (χ0v) is 11.9. The number of amides is 1. The summed E-state index contributed by atoms with van der Waals surface area (Å²) in [5.41, 5.74) is -1.08. The van der Waals surface area contributed by atoms with Gasteiger partial charge in [-0.05, 0) is 12.8 Å². The topological polar surface area (TPSA) is 99.4 Å². The highest BCUT2D eigenvalue weighted by atomic mass is 16.5. The number of nitrogens with one attached hydrogen (secondary N) is 1. The van der Waals surface area contributed by atoms with Crippen LogP contribution in [-0.4, -0.2) is 27.6 Å². The molecule has 114 valence electrons. The molecule has 0 saturated heterocycles. The lowest BCUT2D eigenvalue weighted by molar-refractivity contribution is -0.154. The Morgan fingerprint density at radius 1 is 1.29 bits per heavy atom. The molecule has 0 aliphatic heterocycles. The molecule has 8 heteroatoms. The third-order valence-electron chi connectivity index (χ3n) is 3.58. The molecule has 1 aliphatic rings. The Labute approximate surface area is 120 Å². The number of carbonyl (C=O) groups excluding carboxylic acids is 2. The largest absolute Gasteiger partial charge is 0.455 e. The summed E-state index contributed by atoms with van der Waals surface area (Å²) in [4.78, 5) is 46.4. The summed E-state index contributed by atoms with van der Waals surface area (Å²) >= 11 is 0. The van der Waals surface area contributed by atoms with E-state index in [1.807, 2.05) is 0 Å². The van der Waals surface area contributed by atoms with Crippen molar-refractivity contribution in [3.05, 3.63) is 26.9 Å². The number of esters is 1. The van der Waals surface area contributed by atoms with Crippen LogP contribution >= 0.6 is 0 Å². The SMILES string of the molecule is Cn1c(NC(=O)COC(=O)C2CCC2)cc(=O)n(C)c1=O. The molecule has 1 fully saturated rings. The van der Waals surface area contributed by atoms with Crippen molar-refractivity contribution in [3.63, 3.8) is 0 Å². The standard InChI is InChI=1S/C13H17N3O5/c1-15-9(6-11(18)16(2)13(15)20)14-10(17)7-21-12(19)8-4-3-5-8/h6,8H,3-5,7H2,1-2H3,(H,14,17). The molecule has 1 heterocycles. The van der Waals surface area contributed by atoms with E-state index in [1.165, 1.54) is 14.1 Å². The maximum absolute atomic E-state index is 11.7. The van der Waals surface area contributed by atoms with Crippen LogP contribution in [0.2, 0.25) is 0 Å². The highest BCUT2D eigenvalue weighted by molar-refractivity contribution is 5.92. The van der Waals surface area contributed by atoms with E-state index in [4.69, 9.17) is 4.74 Å². The Kier molecular flexibility index (Phi) is 4.25. The number of anilines is 1. The molecule has 0 atom stereocenters. The minimum atomic E-state index is -0.592. The van der Waals surface area contributed by atoms with E-state index in [0.717, 1.165) is 34.5 Å². The van der Waals surface area contributed by atoms with Crippen LogP contribution in [0.15, 0.2) is 15.7 Å². The molecule has 8 nitrogen and oxygen atoms in total. The number of carbonyl (C=O) groups is 2. The number of aromatic nitrogens is 2. The third-order valence-corrected chi connectivity index (χ3v) is 3.58. The lowest BCUT2D eigenvalue weighted by Gasteiger charge is -2.22. The lowest BCUT2D eigenvalue weighted by Crippen LogP contribution is -2.38. The van der Waals surface area contributed by atoms with Crippen molar-refractivity contribution in [1.29, 1.82) is 0 Å². The predicted octanol–water partition coefficient (Wildman–Crippen LogP) is -0.634. The van der Waals surface area contributed by atoms with Gasteiger partial charge in [0.2, 0.25) is 0 Å². The molecule has 0 bridgehead atoms. The molecule has 1 aromatic rings. The van der Waals surface area contributed by atoms with Crippen molar-refractivity contribution in [1.82, 2.24) is 9.13 Å². The number of hydrogen-bond donors (Lipinski definition) is 1. The van der Waals surface area contributed by atoms with Crippen LogP contribution in [0.1, 0.15) is 19.3 Å². The molecule has 0 spiro atoms. The molecule has 0 aromatic carbocycles. The first-order valence-corrected chi connectivity index (χ1v) is 6.63. The molecule has 1 N–H and O–H groups in total. The van der Waals surface area contributed by atoms with Crippen molar-refractivity contribution in [2.24, 2.45) is 20.0 Å². The van der Waals surface area contributed by atoms with Gasteiger partial charge in [-0.15, -0.1) is 0 Å². The summed E-state index contributed by atoms with van der Waals surface area (Å²) in [6.45, 7) is -0.432. The van der Waals surface area contributed by atoms with Gasteiger partial charge in [0.1, 0.15) is 5.82 Å². The number of ether oxygens (including phenoxy) is 1. The van der Waals surface area contributed by atoms with Crippen molar-refractivity contribution in [2.45, 2.75) is 19.3 Å². The van der Waals surface area contributed by atoms with Gasteiger partial charge < -0.3 is 10.1 Å². The minimum Gasteiger partial charge on any atom is -0.455 e. The van der Waals surface area contributed by atoms with Gasteiger partial charge in [0.05, 0.1) is 5.92 Å². The summed E-state index contributed by atoms with van der Waals surface area (Å²) in [7, 11) is 2.77. The second-order valence-corrected chi connectivity index (χ2v) is 5.05. The molecular formula is C13H17N3O5. The first kappa shape index (κ1) is 15.0. The van der Waals surface area contributed by atoms with Crippen LogP contribution in [0.5, 0.6) is 0 Å². The normalized spacial score (nSPS) is 14.4. The van der Waals surface area contributed by atoms with Crippen LogP contribution < -0.4 is 16.6 Å². The van der Waals surface area contributed by atoms with E-state index in [-0.39, 0.29) is 17.7 Å². The molecule has 0 radical (unpaired) electrons. The van der Waals surface area contributed by atoms with Crippen LogP contribution in [0, 0.1) is 5.92 Å². The van der Waals surface area contributed by atoms with Gasteiger partial charge in [-0.1, -0.05) is 6.42 Å². The van der Waals surface area contributed by atoms with Gasteiger partial charge in [0.25, 0.3) is 11.5 Å². The van der Waals surface area contributed by atoms with E-state index in [1.54, 1.807) is 0 Å². The summed E-state index contributed by atoms with van der Waals surface area (Å²) in [5, 5.41) is 2.38. The molecule has 1 saturated carbocycles. The molecule has 0 unspecified atom stereocenters. The van der Waals surface area contributed by atoms with Crippen molar-refractivity contribution >= 4 is 17.7 Å².